The van der Waals surface area contributed by atoms with Gasteiger partial charge in [0.2, 0.25) is 0 Å². The highest BCUT2D eigenvalue weighted by Crippen LogP contribution is 2.22. The van der Waals surface area contributed by atoms with Gasteiger partial charge in [0, 0.05) is 24.2 Å². The van der Waals surface area contributed by atoms with Gasteiger partial charge < -0.3 is 10.3 Å². The normalized spacial score (nSPS) is 12.6. The lowest BCUT2D eigenvalue weighted by molar-refractivity contribution is 0.605. The van der Waals surface area contributed by atoms with E-state index in [1.807, 2.05) is 6.20 Å². The van der Waals surface area contributed by atoms with Crippen molar-refractivity contribution >= 4 is 11.8 Å². The minimum Gasteiger partial charge on any atom is -0.340 e. The van der Waals surface area contributed by atoms with Gasteiger partial charge >= 0.3 is 0 Å². The first-order chi connectivity index (χ1) is 8.79. The second kappa shape index (κ2) is 6.61. The lowest BCUT2D eigenvalue weighted by Gasteiger charge is -2.17. The van der Waals surface area contributed by atoms with Gasteiger partial charge in [0.1, 0.15) is 0 Å². The fourth-order valence-electron chi connectivity index (χ4n) is 1.81. The van der Waals surface area contributed by atoms with E-state index in [1.165, 1.54) is 11.1 Å². The average molecular weight is 261 g/mol. The molecule has 0 fully saturated rings. The largest absolute Gasteiger partial charge is 0.340 e. The van der Waals surface area contributed by atoms with E-state index in [1.54, 1.807) is 18.0 Å². The fourth-order valence-corrected chi connectivity index (χ4v) is 2.73. The van der Waals surface area contributed by atoms with E-state index in [9.17, 15) is 0 Å². The zero-order chi connectivity index (χ0) is 12.8. The van der Waals surface area contributed by atoms with Crippen molar-refractivity contribution in [3.63, 3.8) is 0 Å². The molecule has 3 nitrogen and oxygen atoms in total. The van der Waals surface area contributed by atoms with Crippen LogP contribution in [0.25, 0.3) is 0 Å². The highest BCUT2D eigenvalue weighted by Gasteiger charge is 2.11. The Morgan fingerprint density at radius 2 is 2.11 bits per heavy atom. The number of benzene rings is 1. The quantitative estimate of drug-likeness (QED) is 0.785. The lowest BCUT2D eigenvalue weighted by atomic mass is 10.1. The second-order valence-electron chi connectivity index (χ2n) is 4.23. The number of hydrogen-bond acceptors (Lipinski definition) is 3. The van der Waals surface area contributed by atoms with Crippen LogP contribution in [-0.2, 0) is 0 Å². The summed E-state index contributed by atoms with van der Waals surface area (Å²) in [5.74, 6) is 0.977. The maximum atomic E-state index is 4.24. The predicted octanol–water partition coefficient (Wildman–Crippen LogP) is 3.16. The summed E-state index contributed by atoms with van der Waals surface area (Å²) in [5, 5.41) is 4.50. The van der Waals surface area contributed by atoms with Crippen molar-refractivity contribution in [2.75, 3.05) is 12.3 Å². The zero-order valence-electron chi connectivity index (χ0n) is 10.8. The summed E-state index contributed by atoms with van der Waals surface area (Å²) in [5.41, 5.74) is 2.63. The Bertz CT molecular complexity index is 450. The lowest BCUT2D eigenvalue weighted by Crippen LogP contribution is -2.22. The Morgan fingerprint density at radius 1 is 1.33 bits per heavy atom. The fraction of sp³-hybridized carbons (Fsp3) is 0.357. The Morgan fingerprint density at radius 3 is 2.72 bits per heavy atom. The summed E-state index contributed by atoms with van der Waals surface area (Å²) in [6.07, 6.45) is 3.65. The van der Waals surface area contributed by atoms with Crippen molar-refractivity contribution in [1.29, 1.82) is 0 Å². The third-order valence-electron chi connectivity index (χ3n) is 2.79. The monoisotopic (exact) mass is 261 g/mol. The molecule has 96 valence electrons. The number of H-pyrrole nitrogens is 1. The summed E-state index contributed by atoms with van der Waals surface area (Å²) in [7, 11) is 0. The van der Waals surface area contributed by atoms with Crippen molar-refractivity contribution in [2.45, 2.75) is 25.0 Å². The number of aromatic nitrogens is 2. The maximum Gasteiger partial charge on any atom is 0.165 e. The molecule has 1 aromatic carbocycles. The van der Waals surface area contributed by atoms with Gasteiger partial charge in [0.25, 0.3) is 0 Å². The van der Waals surface area contributed by atoms with Crippen LogP contribution in [0.1, 0.15) is 24.1 Å². The van der Waals surface area contributed by atoms with Crippen LogP contribution >= 0.6 is 11.8 Å². The van der Waals surface area contributed by atoms with Gasteiger partial charge in [-0.15, -0.1) is 0 Å². The molecule has 0 bridgehead atoms. The number of imidazole rings is 1. The van der Waals surface area contributed by atoms with Gasteiger partial charge in [-0.2, -0.15) is 0 Å². The molecule has 18 heavy (non-hydrogen) atoms. The van der Waals surface area contributed by atoms with Crippen LogP contribution in [0.3, 0.4) is 0 Å². The third kappa shape index (κ3) is 3.62. The maximum absolute atomic E-state index is 4.24. The number of thioether (sulfide) groups is 1. The van der Waals surface area contributed by atoms with Crippen LogP contribution in [0, 0.1) is 6.92 Å². The van der Waals surface area contributed by atoms with Gasteiger partial charge in [-0.1, -0.05) is 48.5 Å². The van der Waals surface area contributed by atoms with Crippen LogP contribution in [0.4, 0.5) is 0 Å². The van der Waals surface area contributed by atoms with Gasteiger partial charge in [0.15, 0.2) is 5.16 Å². The summed E-state index contributed by atoms with van der Waals surface area (Å²) in [6.45, 7) is 5.22. The van der Waals surface area contributed by atoms with E-state index in [0.29, 0.717) is 6.04 Å². The van der Waals surface area contributed by atoms with Crippen LogP contribution in [0.15, 0.2) is 41.8 Å². The summed E-state index contributed by atoms with van der Waals surface area (Å²) in [4.78, 5) is 7.36. The minimum absolute atomic E-state index is 0.366. The minimum atomic E-state index is 0.366. The Labute approximate surface area is 112 Å². The Balaban J connectivity index is 2.01. The van der Waals surface area contributed by atoms with Crippen LogP contribution in [0.2, 0.25) is 0 Å². The van der Waals surface area contributed by atoms with E-state index >= 15 is 0 Å². The first-order valence-corrected chi connectivity index (χ1v) is 7.20. The molecule has 0 spiro atoms. The molecule has 0 saturated heterocycles. The van der Waals surface area contributed by atoms with Crippen molar-refractivity contribution < 1.29 is 0 Å². The van der Waals surface area contributed by atoms with Crippen molar-refractivity contribution in [3.05, 3.63) is 47.8 Å². The van der Waals surface area contributed by atoms with Gasteiger partial charge in [-0.25, -0.2) is 4.98 Å². The van der Waals surface area contributed by atoms with Gasteiger partial charge in [-0.3, -0.25) is 0 Å². The highest BCUT2D eigenvalue weighted by atomic mass is 32.2. The van der Waals surface area contributed by atoms with Crippen LogP contribution in [0.5, 0.6) is 0 Å². The molecule has 1 aromatic heterocycles. The molecule has 0 aliphatic heterocycles. The summed E-state index contributed by atoms with van der Waals surface area (Å²) >= 11 is 1.75. The first kappa shape index (κ1) is 13.2. The molecule has 1 unspecified atom stereocenters. The van der Waals surface area contributed by atoms with Gasteiger partial charge in [-0.05, 0) is 19.0 Å². The molecule has 2 aromatic rings. The molecule has 1 heterocycles. The number of nitrogens with one attached hydrogen (secondary N) is 2. The predicted molar refractivity (Wildman–Crippen MR) is 76.9 cm³/mol. The standard InChI is InChI=1S/C14H19N3S/c1-3-15-13(10-18-14-16-8-9-17-14)12-6-4-11(2)5-7-12/h4-9,13,15H,3,10H2,1-2H3,(H,16,17). The van der Waals surface area contributed by atoms with Crippen LogP contribution in [-0.4, -0.2) is 22.3 Å². The topological polar surface area (TPSA) is 40.7 Å². The summed E-state index contributed by atoms with van der Waals surface area (Å²) < 4.78 is 0. The first-order valence-electron chi connectivity index (χ1n) is 6.21. The van der Waals surface area contributed by atoms with E-state index in [-0.39, 0.29) is 0 Å². The molecule has 0 aliphatic carbocycles. The molecular formula is C14H19N3S. The molecule has 0 amide bonds. The SMILES string of the molecule is CCNC(CSc1ncc[nH]1)c1ccc(C)cc1. The number of hydrogen-bond donors (Lipinski definition) is 2. The third-order valence-corrected chi connectivity index (χ3v) is 3.79. The van der Waals surface area contributed by atoms with Crippen molar-refractivity contribution in [1.82, 2.24) is 15.3 Å². The molecule has 0 saturated carbocycles. The molecule has 2 N–H and O–H groups in total. The summed E-state index contributed by atoms with van der Waals surface area (Å²) in [6, 6.07) is 9.09. The number of aromatic amines is 1. The second-order valence-corrected chi connectivity index (χ2v) is 5.23. The molecular weight excluding hydrogens is 242 g/mol. The van der Waals surface area contributed by atoms with Crippen molar-refractivity contribution in [2.24, 2.45) is 0 Å². The van der Waals surface area contributed by atoms with Crippen LogP contribution < -0.4 is 5.32 Å². The molecule has 0 radical (unpaired) electrons. The Kier molecular flexibility index (Phi) is 4.84. The average Bonchev–Trinajstić information content (AvgIpc) is 2.89. The number of rotatable bonds is 6. The highest BCUT2D eigenvalue weighted by molar-refractivity contribution is 7.99. The van der Waals surface area contributed by atoms with E-state index in [2.05, 4.69) is 53.4 Å². The smallest absolute Gasteiger partial charge is 0.165 e. The Hall–Kier alpha value is -1.26. The molecule has 1 atom stereocenters. The van der Waals surface area contributed by atoms with E-state index < -0.39 is 0 Å². The zero-order valence-corrected chi connectivity index (χ0v) is 11.6. The molecule has 0 aliphatic rings. The van der Waals surface area contributed by atoms with E-state index in [4.69, 9.17) is 0 Å². The molecule has 4 heteroatoms. The van der Waals surface area contributed by atoms with E-state index in [0.717, 1.165) is 17.5 Å². The number of nitrogens with zero attached hydrogens (tertiary/aromatic N) is 1. The molecule has 2 rings (SSSR count). The van der Waals surface area contributed by atoms with Crippen molar-refractivity contribution in [3.8, 4) is 0 Å². The van der Waals surface area contributed by atoms with Gasteiger partial charge in [0.05, 0.1) is 0 Å². The number of aryl methyl sites for hydroxylation is 1.